The van der Waals surface area contributed by atoms with Crippen molar-refractivity contribution in [2.45, 2.75) is 11.2 Å². The van der Waals surface area contributed by atoms with Gasteiger partial charge in [0.1, 0.15) is 0 Å². The fraction of sp³-hybridized carbons (Fsp3) is 0.188. The molecule has 3 aromatic rings. The summed E-state index contributed by atoms with van der Waals surface area (Å²) in [7, 11) is 1.70. The number of hydrogen-bond donors (Lipinski definition) is 0. The number of benzene rings is 2. The molecule has 21 heavy (non-hydrogen) atoms. The van der Waals surface area contributed by atoms with Crippen LogP contribution in [0.5, 0.6) is 0 Å². The van der Waals surface area contributed by atoms with Gasteiger partial charge in [0.15, 0.2) is 5.58 Å². The highest BCUT2D eigenvalue weighted by Gasteiger charge is 2.12. The van der Waals surface area contributed by atoms with E-state index in [1.54, 1.807) is 7.05 Å². The second-order valence-corrected chi connectivity index (χ2v) is 6.50. The number of alkyl halides is 1. The van der Waals surface area contributed by atoms with E-state index in [2.05, 4.69) is 15.9 Å². The number of fused-ring (bicyclic) bond motifs is 1. The van der Waals surface area contributed by atoms with Crippen molar-refractivity contribution in [3.63, 3.8) is 0 Å². The molecule has 108 valence electrons. The molecule has 0 aliphatic rings. The van der Waals surface area contributed by atoms with Crippen LogP contribution >= 0.6 is 27.5 Å². The van der Waals surface area contributed by atoms with E-state index < -0.39 is 0 Å². The molecule has 0 bridgehead atoms. The van der Waals surface area contributed by atoms with Crippen molar-refractivity contribution < 1.29 is 4.42 Å². The SMILES string of the molecule is Cn1c(=O)oc2cc(C(Br)Cc3cccc(Cl)c3)ccc21. The van der Waals surface area contributed by atoms with Crippen molar-refractivity contribution in [1.82, 2.24) is 4.57 Å². The highest BCUT2D eigenvalue weighted by molar-refractivity contribution is 9.09. The zero-order valence-corrected chi connectivity index (χ0v) is 13.7. The van der Waals surface area contributed by atoms with Gasteiger partial charge >= 0.3 is 5.76 Å². The standard InChI is InChI=1S/C16H13BrClNO2/c1-19-14-6-5-11(9-15(14)21-16(19)20)13(17)8-10-3-2-4-12(18)7-10/h2-7,9,13H,8H2,1H3. The highest BCUT2D eigenvalue weighted by Crippen LogP contribution is 2.29. The van der Waals surface area contributed by atoms with Crippen molar-refractivity contribution in [3.8, 4) is 0 Å². The molecule has 1 unspecified atom stereocenters. The van der Waals surface area contributed by atoms with Gasteiger partial charge in [-0.15, -0.1) is 0 Å². The zero-order chi connectivity index (χ0) is 15.0. The summed E-state index contributed by atoms with van der Waals surface area (Å²) in [6.07, 6.45) is 0.809. The summed E-state index contributed by atoms with van der Waals surface area (Å²) < 4.78 is 6.72. The van der Waals surface area contributed by atoms with E-state index in [9.17, 15) is 4.79 Å². The second kappa shape index (κ2) is 5.70. The van der Waals surface area contributed by atoms with Crippen molar-refractivity contribution in [2.24, 2.45) is 7.05 Å². The van der Waals surface area contributed by atoms with Crippen LogP contribution in [0, 0.1) is 0 Å². The van der Waals surface area contributed by atoms with Gasteiger partial charge in [0.25, 0.3) is 0 Å². The minimum atomic E-state index is -0.344. The summed E-state index contributed by atoms with van der Waals surface area (Å²) in [6, 6.07) is 13.6. The normalized spacial score (nSPS) is 12.7. The molecular weight excluding hydrogens is 354 g/mol. The number of nitrogens with zero attached hydrogens (tertiary/aromatic N) is 1. The molecule has 0 N–H and O–H groups in total. The Balaban J connectivity index is 1.91. The van der Waals surface area contributed by atoms with E-state index in [4.69, 9.17) is 16.0 Å². The predicted molar refractivity (Wildman–Crippen MR) is 88.3 cm³/mol. The summed E-state index contributed by atoms with van der Waals surface area (Å²) in [5, 5.41) is 0.733. The van der Waals surface area contributed by atoms with E-state index in [-0.39, 0.29) is 10.6 Å². The number of hydrogen-bond acceptors (Lipinski definition) is 2. The van der Waals surface area contributed by atoms with Crippen LogP contribution in [-0.2, 0) is 13.5 Å². The molecule has 1 heterocycles. The first-order valence-corrected chi connectivity index (χ1v) is 7.82. The smallest absolute Gasteiger partial charge is 0.408 e. The van der Waals surface area contributed by atoms with Crippen LogP contribution in [0.4, 0.5) is 0 Å². The Labute approximate surface area is 135 Å². The largest absolute Gasteiger partial charge is 0.419 e. The first-order chi connectivity index (χ1) is 10.0. The minimum absolute atomic E-state index is 0.130. The number of halogens is 2. The molecule has 2 aromatic carbocycles. The van der Waals surface area contributed by atoms with Crippen LogP contribution in [0.1, 0.15) is 16.0 Å². The van der Waals surface area contributed by atoms with Gasteiger partial charge in [0.2, 0.25) is 0 Å². The first-order valence-electron chi connectivity index (χ1n) is 6.52. The second-order valence-electron chi connectivity index (χ2n) is 4.96. The topological polar surface area (TPSA) is 35.1 Å². The number of rotatable bonds is 3. The lowest BCUT2D eigenvalue weighted by Crippen LogP contribution is -2.08. The van der Waals surface area contributed by atoms with E-state index >= 15 is 0 Å². The molecule has 0 fully saturated rings. The third-order valence-corrected chi connectivity index (χ3v) is 4.57. The molecular formula is C16H13BrClNO2. The van der Waals surface area contributed by atoms with Gasteiger partial charge in [0, 0.05) is 16.9 Å². The van der Waals surface area contributed by atoms with Crippen LogP contribution in [0.25, 0.3) is 11.1 Å². The zero-order valence-electron chi connectivity index (χ0n) is 11.3. The molecule has 1 aromatic heterocycles. The number of oxazole rings is 1. The van der Waals surface area contributed by atoms with Crippen molar-refractivity contribution in [2.75, 3.05) is 0 Å². The van der Waals surface area contributed by atoms with E-state index in [1.807, 2.05) is 42.5 Å². The number of aromatic nitrogens is 1. The van der Waals surface area contributed by atoms with E-state index in [0.29, 0.717) is 5.58 Å². The first kappa shape index (κ1) is 14.4. The average Bonchev–Trinajstić information content (AvgIpc) is 2.73. The maximum atomic E-state index is 11.5. The maximum Gasteiger partial charge on any atom is 0.419 e. The van der Waals surface area contributed by atoms with Gasteiger partial charge in [-0.1, -0.05) is 45.7 Å². The molecule has 0 spiro atoms. The lowest BCUT2D eigenvalue weighted by atomic mass is 10.0. The lowest BCUT2D eigenvalue weighted by molar-refractivity contribution is 0.528. The number of aryl methyl sites for hydroxylation is 1. The Kier molecular flexibility index (Phi) is 3.91. The fourth-order valence-electron chi connectivity index (χ4n) is 2.33. The molecule has 3 rings (SSSR count). The van der Waals surface area contributed by atoms with Crippen LogP contribution in [0.2, 0.25) is 5.02 Å². The van der Waals surface area contributed by atoms with Gasteiger partial charge in [-0.3, -0.25) is 4.57 Å². The van der Waals surface area contributed by atoms with Crippen molar-refractivity contribution in [3.05, 3.63) is 69.2 Å². The summed E-state index contributed by atoms with van der Waals surface area (Å²) in [6.45, 7) is 0. The quantitative estimate of drug-likeness (QED) is 0.641. The monoisotopic (exact) mass is 365 g/mol. The Morgan fingerprint density at radius 2 is 2.10 bits per heavy atom. The van der Waals surface area contributed by atoms with E-state index in [0.717, 1.165) is 28.1 Å². The molecule has 1 atom stereocenters. The Hall–Kier alpha value is -1.52. The van der Waals surface area contributed by atoms with Gasteiger partial charge in [-0.25, -0.2) is 4.79 Å². The van der Waals surface area contributed by atoms with E-state index in [1.165, 1.54) is 4.57 Å². The molecule has 0 saturated heterocycles. The Morgan fingerprint density at radius 1 is 1.29 bits per heavy atom. The van der Waals surface area contributed by atoms with Crippen LogP contribution < -0.4 is 5.76 Å². The summed E-state index contributed by atoms with van der Waals surface area (Å²) in [5.74, 6) is -0.344. The van der Waals surface area contributed by atoms with Crippen molar-refractivity contribution in [1.29, 1.82) is 0 Å². The minimum Gasteiger partial charge on any atom is -0.408 e. The average molecular weight is 367 g/mol. The Morgan fingerprint density at radius 3 is 2.86 bits per heavy atom. The molecule has 3 nitrogen and oxygen atoms in total. The maximum absolute atomic E-state index is 11.5. The lowest BCUT2D eigenvalue weighted by Gasteiger charge is -2.10. The molecule has 0 amide bonds. The van der Waals surface area contributed by atoms with Gasteiger partial charge in [-0.05, 0) is 41.8 Å². The molecule has 0 aliphatic heterocycles. The molecule has 0 aliphatic carbocycles. The molecule has 5 heteroatoms. The molecule has 0 saturated carbocycles. The predicted octanol–water partition coefficient (Wildman–Crippen LogP) is 4.46. The van der Waals surface area contributed by atoms with Gasteiger partial charge < -0.3 is 4.42 Å². The van der Waals surface area contributed by atoms with Crippen molar-refractivity contribution >= 4 is 38.6 Å². The summed E-state index contributed by atoms with van der Waals surface area (Å²) >= 11 is 9.69. The highest BCUT2D eigenvalue weighted by atomic mass is 79.9. The summed E-state index contributed by atoms with van der Waals surface area (Å²) in [5.41, 5.74) is 3.62. The fourth-order valence-corrected chi connectivity index (χ4v) is 3.21. The van der Waals surface area contributed by atoms with Crippen LogP contribution in [0.3, 0.4) is 0 Å². The third kappa shape index (κ3) is 2.92. The third-order valence-electron chi connectivity index (χ3n) is 3.48. The van der Waals surface area contributed by atoms with Gasteiger partial charge in [-0.2, -0.15) is 0 Å². The Bertz CT molecular complexity index is 853. The van der Waals surface area contributed by atoms with Crippen LogP contribution in [-0.4, -0.2) is 4.57 Å². The van der Waals surface area contributed by atoms with Gasteiger partial charge in [0.05, 0.1) is 5.52 Å². The summed E-state index contributed by atoms with van der Waals surface area (Å²) in [4.78, 5) is 11.6. The molecule has 0 radical (unpaired) electrons. The van der Waals surface area contributed by atoms with Crippen LogP contribution in [0.15, 0.2) is 51.7 Å².